The molecule has 0 nitrogen and oxygen atoms in total. The van der Waals surface area contributed by atoms with E-state index >= 15 is 0 Å². The molecule has 0 aromatic heterocycles. The summed E-state index contributed by atoms with van der Waals surface area (Å²) in [6.07, 6.45) is 2.52. The Morgan fingerprint density at radius 2 is 2.00 bits per heavy atom. The molecule has 0 saturated carbocycles. The van der Waals surface area contributed by atoms with Crippen LogP contribution in [0.15, 0.2) is 54.9 Å². The SMILES string of the molecule is C=CC(F)=C(C=C)Cc1cccc(Cl)c1F. The lowest BCUT2D eigenvalue weighted by molar-refractivity contribution is 0.611. The van der Waals surface area contributed by atoms with Gasteiger partial charge in [0.25, 0.3) is 0 Å². The molecule has 0 amide bonds. The van der Waals surface area contributed by atoms with Crippen molar-refractivity contribution in [3.63, 3.8) is 0 Å². The Hall–Kier alpha value is -1.41. The van der Waals surface area contributed by atoms with Crippen LogP contribution < -0.4 is 0 Å². The molecule has 84 valence electrons. The van der Waals surface area contributed by atoms with Gasteiger partial charge in [0.1, 0.15) is 11.6 Å². The highest BCUT2D eigenvalue weighted by Crippen LogP contribution is 2.22. The van der Waals surface area contributed by atoms with Crippen molar-refractivity contribution in [1.29, 1.82) is 0 Å². The molecule has 0 fully saturated rings. The average Bonchev–Trinajstić information content (AvgIpc) is 2.30. The van der Waals surface area contributed by atoms with Crippen molar-refractivity contribution >= 4 is 11.6 Å². The Morgan fingerprint density at radius 3 is 2.56 bits per heavy atom. The van der Waals surface area contributed by atoms with Gasteiger partial charge in [-0.1, -0.05) is 43.0 Å². The van der Waals surface area contributed by atoms with Crippen LogP contribution in [0.5, 0.6) is 0 Å². The van der Waals surface area contributed by atoms with Crippen molar-refractivity contribution in [3.8, 4) is 0 Å². The molecule has 0 aliphatic heterocycles. The summed E-state index contributed by atoms with van der Waals surface area (Å²) >= 11 is 5.62. The monoisotopic (exact) mass is 240 g/mol. The highest BCUT2D eigenvalue weighted by Gasteiger charge is 2.09. The molecule has 1 aromatic rings. The Labute approximate surface area is 98.6 Å². The van der Waals surface area contributed by atoms with Crippen LogP contribution in [0.1, 0.15) is 5.56 Å². The van der Waals surface area contributed by atoms with Crippen molar-refractivity contribution in [2.24, 2.45) is 0 Å². The van der Waals surface area contributed by atoms with E-state index < -0.39 is 11.6 Å². The van der Waals surface area contributed by atoms with Gasteiger partial charge in [-0.25, -0.2) is 8.78 Å². The van der Waals surface area contributed by atoms with Gasteiger partial charge < -0.3 is 0 Å². The van der Waals surface area contributed by atoms with Crippen LogP contribution in [-0.4, -0.2) is 0 Å². The van der Waals surface area contributed by atoms with E-state index in [0.29, 0.717) is 5.56 Å². The average molecular weight is 241 g/mol. The third kappa shape index (κ3) is 2.80. The van der Waals surface area contributed by atoms with E-state index in [4.69, 9.17) is 11.6 Å². The van der Waals surface area contributed by atoms with E-state index in [1.165, 1.54) is 12.1 Å². The second kappa shape index (κ2) is 5.61. The van der Waals surface area contributed by atoms with E-state index in [9.17, 15) is 8.78 Å². The molecule has 0 saturated heterocycles. The quantitative estimate of drug-likeness (QED) is 0.674. The van der Waals surface area contributed by atoms with E-state index in [1.807, 2.05) is 0 Å². The van der Waals surface area contributed by atoms with Gasteiger partial charge in [0.15, 0.2) is 0 Å². The predicted molar refractivity (Wildman–Crippen MR) is 63.6 cm³/mol. The lowest BCUT2D eigenvalue weighted by Gasteiger charge is -2.05. The molecular formula is C13H11ClF2. The van der Waals surface area contributed by atoms with Gasteiger partial charge in [-0.15, -0.1) is 0 Å². The number of hydrogen-bond donors (Lipinski definition) is 0. The molecule has 16 heavy (non-hydrogen) atoms. The van der Waals surface area contributed by atoms with Gasteiger partial charge in [0, 0.05) is 6.42 Å². The first-order valence-corrected chi connectivity index (χ1v) is 5.04. The predicted octanol–water partition coefficient (Wildman–Crippen LogP) is 4.62. The van der Waals surface area contributed by atoms with Gasteiger partial charge in [-0.2, -0.15) is 0 Å². The largest absolute Gasteiger partial charge is 0.207 e. The zero-order valence-corrected chi connectivity index (χ0v) is 9.40. The summed E-state index contributed by atoms with van der Waals surface area (Å²) in [5.41, 5.74) is 0.621. The molecule has 0 heterocycles. The summed E-state index contributed by atoms with van der Waals surface area (Å²) in [5.74, 6) is -1.03. The number of rotatable bonds is 4. The van der Waals surface area contributed by atoms with Gasteiger partial charge in [0.05, 0.1) is 5.02 Å². The summed E-state index contributed by atoms with van der Waals surface area (Å²) in [6, 6.07) is 4.62. The van der Waals surface area contributed by atoms with E-state index in [2.05, 4.69) is 13.2 Å². The topological polar surface area (TPSA) is 0 Å². The van der Waals surface area contributed by atoms with Gasteiger partial charge in [0.2, 0.25) is 0 Å². The fourth-order valence-electron chi connectivity index (χ4n) is 1.28. The molecular weight excluding hydrogens is 230 g/mol. The van der Waals surface area contributed by atoms with Crippen molar-refractivity contribution < 1.29 is 8.78 Å². The first kappa shape index (κ1) is 12.7. The molecule has 0 aliphatic rings. The fraction of sp³-hybridized carbons (Fsp3) is 0.0769. The number of benzene rings is 1. The van der Waals surface area contributed by atoms with Gasteiger partial charge >= 0.3 is 0 Å². The fourth-order valence-corrected chi connectivity index (χ4v) is 1.47. The molecule has 0 bridgehead atoms. The number of allylic oxidation sites excluding steroid dienone is 4. The molecule has 1 rings (SSSR count). The normalized spacial score (nSPS) is 11.9. The third-order valence-electron chi connectivity index (χ3n) is 2.14. The highest BCUT2D eigenvalue weighted by molar-refractivity contribution is 6.30. The zero-order chi connectivity index (χ0) is 12.1. The minimum atomic E-state index is -0.527. The van der Waals surface area contributed by atoms with Gasteiger partial charge in [-0.3, -0.25) is 0 Å². The maximum atomic E-state index is 13.5. The van der Waals surface area contributed by atoms with Crippen LogP contribution in [0, 0.1) is 5.82 Å². The van der Waals surface area contributed by atoms with Crippen molar-refractivity contribution in [3.05, 3.63) is 71.3 Å². The molecule has 0 unspecified atom stereocenters. The maximum absolute atomic E-state index is 13.5. The Balaban J connectivity index is 3.09. The summed E-state index contributed by atoms with van der Waals surface area (Å²) < 4.78 is 26.8. The van der Waals surface area contributed by atoms with Crippen LogP contribution >= 0.6 is 11.6 Å². The third-order valence-corrected chi connectivity index (χ3v) is 2.44. The second-order valence-corrected chi connectivity index (χ2v) is 3.58. The van der Waals surface area contributed by atoms with Crippen LogP contribution in [0.25, 0.3) is 0 Å². The Kier molecular flexibility index (Phi) is 4.44. The minimum Gasteiger partial charge on any atom is -0.207 e. The van der Waals surface area contributed by atoms with Crippen LogP contribution in [0.2, 0.25) is 5.02 Å². The van der Waals surface area contributed by atoms with E-state index in [0.717, 1.165) is 6.08 Å². The summed E-state index contributed by atoms with van der Waals surface area (Å²) in [6.45, 7) is 6.79. The first-order valence-electron chi connectivity index (χ1n) is 4.66. The Morgan fingerprint density at radius 1 is 1.31 bits per heavy atom. The van der Waals surface area contributed by atoms with Crippen molar-refractivity contribution in [1.82, 2.24) is 0 Å². The van der Waals surface area contributed by atoms with Crippen LogP contribution in [0.4, 0.5) is 8.78 Å². The second-order valence-electron chi connectivity index (χ2n) is 3.17. The Bertz CT molecular complexity index is 447. The number of halogens is 3. The standard InChI is InChI=1S/C13H11ClF2/c1-3-9(12(15)4-2)8-10-6-5-7-11(14)13(10)16/h3-7H,1-2,8H2. The lowest BCUT2D eigenvalue weighted by atomic mass is 10.0. The number of hydrogen-bond acceptors (Lipinski definition) is 0. The molecule has 1 aromatic carbocycles. The molecule has 0 atom stereocenters. The smallest absolute Gasteiger partial charge is 0.145 e. The van der Waals surface area contributed by atoms with Crippen LogP contribution in [-0.2, 0) is 6.42 Å². The van der Waals surface area contributed by atoms with Gasteiger partial charge in [-0.05, 0) is 23.3 Å². The molecule has 0 spiro atoms. The minimum absolute atomic E-state index is 0.0277. The van der Waals surface area contributed by atoms with Crippen molar-refractivity contribution in [2.75, 3.05) is 0 Å². The van der Waals surface area contributed by atoms with E-state index in [-0.39, 0.29) is 17.0 Å². The van der Waals surface area contributed by atoms with E-state index in [1.54, 1.807) is 12.1 Å². The van der Waals surface area contributed by atoms with Crippen molar-refractivity contribution in [2.45, 2.75) is 6.42 Å². The molecule has 0 radical (unpaired) electrons. The molecule has 0 N–H and O–H groups in total. The first-order chi connectivity index (χ1) is 7.60. The highest BCUT2D eigenvalue weighted by atomic mass is 35.5. The molecule has 0 aliphatic carbocycles. The summed E-state index contributed by atoms with van der Waals surface area (Å²) in [4.78, 5) is 0. The molecule has 3 heteroatoms. The lowest BCUT2D eigenvalue weighted by Crippen LogP contribution is -1.94. The van der Waals surface area contributed by atoms with Crippen LogP contribution in [0.3, 0.4) is 0 Å². The summed E-state index contributed by atoms with van der Waals surface area (Å²) in [5, 5.41) is 0.0277. The maximum Gasteiger partial charge on any atom is 0.145 e. The zero-order valence-electron chi connectivity index (χ0n) is 8.64. The summed E-state index contributed by atoms with van der Waals surface area (Å²) in [7, 11) is 0.